The lowest BCUT2D eigenvalue weighted by atomic mass is 10.3. The summed E-state index contributed by atoms with van der Waals surface area (Å²) in [5.74, 6) is -2.27. The van der Waals surface area contributed by atoms with Crippen molar-refractivity contribution in [3.05, 3.63) is 72.6 Å². The van der Waals surface area contributed by atoms with Gasteiger partial charge < -0.3 is 14.8 Å². The van der Waals surface area contributed by atoms with Crippen LogP contribution in [0.15, 0.2) is 61.1 Å². The largest absolute Gasteiger partial charge is 0.451 e. The van der Waals surface area contributed by atoms with Crippen LogP contribution >= 0.6 is 0 Å². The zero-order valence-corrected chi connectivity index (χ0v) is 14.7. The fourth-order valence-corrected chi connectivity index (χ4v) is 2.41. The number of amides is 1. The van der Waals surface area contributed by atoms with Gasteiger partial charge in [0.15, 0.2) is 12.3 Å². The molecule has 0 fully saturated rings. The van der Waals surface area contributed by atoms with Gasteiger partial charge in [0.1, 0.15) is 11.6 Å². The molecule has 0 saturated carbocycles. The minimum absolute atomic E-state index is 0.00482. The molecule has 150 valence electrons. The van der Waals surface area contributed by atoms with E-state index < -0.39 is 30.9 Å². The van der Waals surface area contributed by atoms with Crippen molar-refractivity contribution in [2.75, 3.05) is 11.9 Å². The van der Waals surface area contributed by atoms with Crippen LogP contribution in [0.25, 0.3) is 5.69 Å². The molecule has 3 aromatic rings. The summed E-state index contributed by atoms with van der Waals surface area (Å²) >= 11 is 0. The van der Waals surface area contributed by atoms with E-state index in [1.54, 1.807) is 0 Å². The Balaban J connectivity index is 1.63. The maximum absolute atomic E-state index is 13.1. The van der Waals surface area contributed by atoms with Gasteiger partial charge in [-0.15, -0.1) is 0 Å². The Hall–Kier alpha value is -3.82. The van der Waals surface area contributed by atoms with Crippen LogP contribution in [0, 0.1) is 5.82 Å². The minimum Gasteiger partial charge on any atom is -0.451 e. The highest BCUT2D eigenvalue weighted by molar-refractivity contribution is 5.96. The Labute approximate surface area is 162 Å². The molecule has 0 atom stereocenters. The highest BCUT2D eigenvalue weighted by Gasteiger charge is 2.17. The van der Waals surface area contributed by atoms with E-state index >= 15 is 0 Å². The number of carbonyl (C=O) groups excluding carboxylic acids is 2. The third-order valence-electron chi connectivity index (χ3n) is 3.66. The quantitative estimate of drug-likeness (QED) is 0.610. The standard InChI is InChI=1S/C19H14F3N3O4/c20-12-5-7-13(8-6-12)25-11-23-9-15(25)18(27)28-10-17(26)24-14-3-1-2-4-16(14)29-19(21)22/h1-9,11,19H,10H2,(H,24,26). The molecule has 0 aliphatic heterocycles. The van der Waals surface area contributed by atoms with E-state index in [9.17, 15) is 22.8 Å². The Morgan fingerprint density at radius 3 is 2.55 bits per heavy atom. The summed E-state index contributed by atoms with van der Waals surface area (Å²) in [6.45, 7) is -3.73. The maximum atomic E-state index is 13.1. The molecule has 0 aliphatic carbocycles. The lowest BCUT2D eigenvalue weighted by Gasteiger charge is -2.12. The van der Waals surface area contributed by atoms with Crippen molar-refractivity contribution in [1.29, 1.82) is 0 Å². The lowest BCUT2D eigenvalue weighted by Crippen LogP contribution is -2.22. The molecule has 29 heavy (non-hydrogen) atoms. The zero-order chi connectivity index (χ0) is 20.8. The normalized spacial score (nSPS) is 10.6. The molecule has 0 bridgehead atoms. The first-order chi connectivity index (χ1) is 13.9. The van der Waals surface area contributed by atoms with E-state index in [0.29, 0.717) is 5.69 Å². The highest BCUT2D eigenvalue weighted by atomic mass is 19.3. The van der Waals surface area contributed by atoms with Crippen LogP contribution in [-0.4, -0.2) is 34.6 Å². The van der Waals surface area contributed by atoms with Crippen LogP contribution in [0.4, 0.5) is 18.9 Å². The van der Waals surface area contributed by atoms with Crippen molar-refractivity contribution in [2.45, 2.75) is 6.61 Å². The molecule has 0 unspecified atom stereocenters. The number of alkyl halides is 2. The Bertz CT molecular complexity index is 1010. The van der Waals surface area contributed by atoms with Gasteiger partial charge in [-0.25, -0.2) is 14.2 Å². The molecule has 1 aromatic heterocycles. The molecule has 2 aromatic carbocycles. The van der Waals surface area contributed by atoms with Crippen LogP contribution in [-0.2, 0) is 9.53 Å². The second-order valence-electron chi connectivity index (χ2n) is 5.62. The number of hydrogen-bond acceptors (Lipinski definition) is 5. The number of nitrogens with one attached hydrogen (secondary N) is 1. The van der Waals surface area contributed by atoms with E-state index in [2.05, 4.69) is 15.0 Å². The van der Waals surface area contributed by atoms with E-state index in [-0.39, 0.29) is 17.1 Å². The van der Waals surface area contributed by atoms with Gasteiger partial charge in [-0.3, -0.25) is 9.36 Å². The summed E-state index contributed by atoms with van der Waals surface area (Å²) in [6.07, 6.45) is 2.57. The molecule has 0 spiro atoms. The average molecular weight is 405 g/mol. The second kappa shape index (κ2) is 8.91. The summed E-state index contributed by atoms with van der Waals surface area (Å²) in [6, 6.07) is 10.9. The molecule has 10 heteroatoms. The Morgan fingerprint density at radius 2 is 1.83 bits per heavy atom. The fourth-order valence-electron chi connectivity index (χ4n) is 2.41. The molecule has 0 aliphatic rings. The van der Waals surface area contributed by atoms with Crippen molar-refractivity contribution in [3.8, 4) is 11.4 Å². The average Bonchev–Trinajstić information content (AvgIpc) is 3.18. The first kappa shape index (κ1) is 19.9. The van der Waals surface area contributed by atoms with Crippen LogP contribution in [0.2, 0.25) is 0 Å². The summed E-state index contributed by atoms with van der Waals surface area (Å²) in [7, 11) is 0. The topological polar surface area (TPSA) is 82.5 Å². The molecule has 3 rings (SSSR count). The molecule has 0 radical (unpaired) electrons. The summed E-state index contributed by atoms with van der Waals surface area (Å²) in [5.41, 5.74) is 0.495. The molecule has 1 amide bonds. The van der Waals surface area contributed by atoms with Crippen LogP contribution in [0.5, 0.6) is 5.75 Å². The van der Waals surface area contributed by atoms with Gasteiger partial charge >= 0.3 is 12.6 Å². The third kappa shape index (κ3) is 5.12. The van der Waals surface area contributed by atoms with Crippen molar-refractivity contribution in [1.82, 2.24) is 9.55 Å². The van der Waals surface area contributed by atoms with E-state index in [0.717, 1.165) is 0 Å². The first-order valence-electron chi connectivity index (χ1n) is 8.23. The predicted molar refractivity (Wildman–Crippen MR) is 95.5 cm³/mol. The van der Waals surface area contributed by atoms with Crippen molar-refractivity contribution in [3.63, 3.8) is 0 Å². The predicted octanol–water partition coefficient (Wildman–Crippen LogP) is 3.41. The summed E-state index contributed by atoms with van der Waals surface area (Å²) in [5, 5.41) is 2.33. The van der Waals surface area contributed by atoms with Crippen molar-refractivity contribution in [2.24, 2.45) is 0 Å². The van der Waals surface area contributed by atoms with Gasteiger partial charge in [-0.2, -0.15) is 8.78 Å². The Kier molecular flexibility index (Phi) is 6.12. The van der Waals surface area contributed by atoms with Crippen LogP contribution < -0.4 is 10.1 Å². The lowest BCUT2D eigenvalue weighted by molar-refractivity contribution is -0.119. The van der Waals surface area contributed by atoms with Gasteiger partial charge in [0, 0.05) is 5.69 Å². The van der Waals surface area contributed by atoms with Gasteiger partial charge in [0.25, 0.3) is 5.91 Å². The monoisotopic (exact) mass is 405 g/mol. The van der Waals surface area contributed by atoms with Gasteiger partial charge in [-0.05, 0) is 36.4 Å². The molecule has 7 nitrogen and oxygen atoms in total. The molecular formula is C19H14F3N3O4. The third-order valence-corrected chi connectivity index (χ3v) is 3.66. The molecular weight excluding hydrogens is 391 g/mol. The number of esters is 1. The second-order valence-corrected chi connectivity index (χ2v) is 5.62. The van der Waals surface area contributed by atoms with Crippen LogP contribution in [0.1, 0.15) is 10.5 Å². The van der Waals surface area contributed by atoms with E-state index in [1.165, 1.54) is 65.6 Å². The Morgan fingerprint density at radius 1 is 1.10 bits per heavy atom. The minimum atomic E-state index is -3.06. The number of ether oxygens (including phenoxy) is 2. The van der Waals surface area contributed by atoms with E-state index in [4.69, 9.17) is 4.74 Å². The van der Waals surface area contributed by atoms with E-state index in [1.807, 2.05) is 0 Å². The number of halogens is 3. The summed E-state index contributed by atoms with van der Waals surface area (Å²) in [4.78, 5) is 28.2. The SMILES string of the molecule is O=C(COC(=O)c1cncn1-c1ccc(F)cc1)Nc1ccccc1OC(F)F. The number of anilines is 1. The number of aromatic nitrogens is 2. The van der Waals surface area contributed by atoms with Crippen LogP contribution in [0.3, 0.4) is 0 Å². The van der Waals surface area contributed by atoms with Gasteiger partial charge in [0.05, 0.1) is 18.2 Å². The zero-order valence-electron chi connectivity index (χ0n) is 14.7. The number of hydrogen-bond donors (Lipinski definition) is 1. The fraction of sp³-hybridized carbons (Fsp3) is 0.105. The molecule has 1 heterocycles. The number of nitrogens with zero attached hydrogens (tertiary/aromatic N) is 2. The number of carbonyl (C=O) groups is 2. The maximum Gasteiger partial charge on any atom is 0.387 e. The van der Waals surface area contributed by atoms with Crippen molar-refractivity contribution < 1.29 is 32.2 Å². The first-order valence-corrected chi connectivity index (χ1v) is 8.23. The van der Waals surface area contributed by atoms with Gasteiger partial charge in [0.2, 0.25) is 0 Å². The number of imidazole rings is 1. The van der Waals surface area contributed by atoms with Gasteiger partial charge in [-0.1, -0.05) is 12.1 Å². The summed E-state index contributed by atoms with van der Waals surface area (Å²) < 4.78 is 48.5. The number of para-hydroxylation sites is 2. The smallest absolute Gasteiger partial charge is 0.387 e. The number of rotatable bonds is 7. The van der Waals surface area contributed by atoms with Crippen molar-refractivity contribution >= 4 is 17.6 Å². The molecule has 1 N–H and O–H groups in total. The molecule has 0 saturated heterocycles. The number of benzene rings is 2. The highest BCUT2D eigenvalue weighted by Crippen LogP contribution is 2.25.